The van der Waals surface area contributed by atoms with Crippen molar-refractivity contribution in [2.45, 2.75) is 44.6 Å². The second-order valence-corrected chi connectivity index (χ2v) is 6.27. The third-order valence-electron chi connectivity index (χ3n) is 4.47. The molecule has 1 aliphatic carbocycles. The van der Waals surface area contributed by atoms with Crippen LogP contribution in [0.2, 0.25) is 0 Å². The highest BCUT2D eigenvalue weighted by Crippen LogP contribution is 2.20. The second kappa shape index (κ2) is 8.52. The Morgan fingerprint density at radius 2 is 1.88 bits per heavy atom. The Balaban J connectivity index is 1.48. The average Bonchev–Trinajstić information content (AvgIpc) is 2.63. The topological polar surface area (TPSA) is 59.1 Å². The van der Waals surface area contributed by atoms with E-state index in [9.17, 15) is 0 Å². The molecule has 0 bridgehead atoms. The van der Waals surface area contributed by atoms with Crippen LogP contribution in [0.5, 0.6) is 5.75 Å². The molecule has 0 radical (unpaired) electrons. The summed E-state index contributed by atoms with van der Waals surface area (Å²) in [5.74, 6) is 2.49. The molecule has 0 amide bonds. The molecule has 0 unspecified atom stereocenters. The molecule has 1 saturated carbocycles. The standard InChI is InChI=1S/C19H26N4O/c1-24-17-9-7-15(8-10-17)11-13-20-18-12-14-21-19(23-18)22-16-5-3-2-4-6-16/h7-10,12,14,16H,2-6,11,13H2,1H3,(H2,20,21,22,23). The van der Waals surface area contributed by atoms with Gasteiger partial charge in [0.15, 0.2) is 0 Å². The lowest BCUT2D eigenvalue weighted by Crippen LogP contribution is -2.23. The van der Waals surface area contributed by atoms with Gasteiger partial charge < -0.3 is 15.4 Å². The summed E-state index contributed by atoms with van der Waals surface area (Å²) in [7, 11) is 1.69. The van der Waals surface area contributed by atoms with Crippen molar-refractivity contribution in [3.05, 3.63) is 42.1 Å². The monoisotopic (exact) mass is 326 g/mol. The highest BCUT2D eigenvalue weighted by atomic mass is 16.5. The Labute approximate surface area is 143 Å². The van der Waals surface area contributed by atoms with Crippen molar-refractivity contribution < 1.29 is 4.74 Å². The molecule has 1 aliphatic rings. The van der Waals surface area contributed by atoms with Gasteiger partial charge in [-0.2, -0.15) is 4.98 Å². The minimum absolute atomic E-state index is 0.522. The van der Waals surface area contributed by atoms with Crippen LogP contribution in [0.1, 0.15) is 37.7 Å². The largest absolute Gasteiger partial charge is 0.497 e. The predicted molar refractivity (Wildman–Crippen MR) is 97.7 cm³/mol. The van der Waals surface area contributed by atoms with Crippen LogP contribution < -0.4 is 15.4 Å². The van der Waals surface area contributed by atoms with Gasteiger partial charge in [0.05, 0.1) is 7.11 Å². The van der Waals surface area contributed by atoms with Crippen LogP contribution in [-0.4, -0.2) is 29.7 Å². The van der Waals surface area contributed by atoms with Gasteiger partial charge >= 0.3 is 0 Å². The average molecular weight is 326 g/mol. The minimum Gasteiger partial charge on any atom is -0.497 e. The Bertz CT molecular complexity index is 624. The summed E-state index contributed by atoms with van der Waals surface area (Å²) in [6, 6.07) is 10.6. The third-order valence-corrected chi connectivity index (χ3v) is 4.47. The zero-order chi connectivity index (χ0) is 16.6. The van der Waals surface area contributed by atoms with Crippen LogP contribution in [0.15, 0.2) is 36.5 Å². The van der Waals surface area contributed by atoms with Crippen molar-refractivity contribution in [2.24, 2.45) is 0 Å². The van der Waals surface area contributed by atoms with E-state index in [0.717, 1.165) is 30.5 Å². The summed E-state index contributed by atoms with van der Waals surface area (Å²) in [6.45, 7) is 0.839. The molecule has 0 saturated heterocycles. The maximum atomic E-state index is 5.18. The van der Waals surface area contributed by atoms with Crippen LogP contribution in [-0.2, 0) is 6.42 Å². The highest BCUT2D eigenvalue weighted by Gasteiger charge is 2.14. The van der Waals surface area contributed by atoms with E-state index in [4.69, 9.17) is 4.74 Å². The molecule has 1 aromatic carbocycles. The van der Waals surface area contributed by atoms with Gasteiger partial charge in [0.1, 0.15) is 11.6 Å². The zero-order valence-electron chi connectivity index (χ0n) is 14.3. The number of anilines is 2. The maximum absolute atomic E-state index is 5.18. The number of nitrogens with zero attached hydrogens (tertiary/aromatic N) is 2. The van der Waals surface area contributed by atoms with Crippen molar-refractivity contribution in [3.63, 3.8) is 0 Å². The van der Waals surface area contributed by atoms with Crippen molar-refractivity contribution in [1.29, 1.82) is 0 Å². The predicted octanol–water partition coefficient (Wildman–Crippen LogP) is 3.88. The third kappa shape index (κ3) is 4.85. The fourth-order valence-corrected chi connectivity index (χ4v) is 3.08. The van der Waals surface area contributed by atoms with E-state index >= 15 is 0 Å². The molecule has 5 heteroatoms. The maximum Gasteiger partial charge on any atom is 0.224 e. The zero-order valence-corrected chi connectivity index (χ0v) is 14.3. The summed E-state index contributed by atoms with van der Waals surface area (Å²) < 4.78 is 5.18. The van der Waals surface area contributed by atoms with Crippen LogP contribution in [0.4, 0.5) is 11.8 Å². The van der Waals surface area contributed by atoms with E-state index in [1.54, 1.807) is 7.11 Å². The smallest absolute Gasteiger partial charge is 0.224 e. The molecular formula is C19H26N4O. The minimum atomic E-state index is 0.522. The summed E-state index contributed by atoms with van der Waals surface area (Å²) in [4.78, 5) is 8.91. The van der Waals surface area contributed by atoms with Gasteiger partial charge in [0, 0.05) is 18.8 Å². The lowest BCUT2D eigenvalue weighted by atomic mass is 9.96. The van der Waals surface area contributed by atoms with Crippen molar-refractivity contribution in [2.75, 3.05) is 24.3 Å². The van der Waals surface area contributed by atoms with Gasteiger partial charge in [0.2, 0.25) is 5.95 Å². The molecule has 0 spiro atoms. The van der Waals surface area contributed by atoms with Crippen molar-refractivity contribution >= 4 is 11.8 Å². The van der Waals surface area contributed by atoms with Gasteiger partial charge in [-0.1, -0.05) is 31.4 Å². The number of aromatic nitrogens is 2. The van der Waals surface area contributed by atoms with Crippen molar-refractivity contribution in [1.82, 2.24) is 9.97 Å². The van der Waals surface area contributed by atoms with E-state index < -0.39 is 0 Å². The number of hydrogen-bond donors (Lipinski definition) is 2. The summed E-state index contributed by atoms with van der Waals surface area (Å²) in [6.07, 6.45) is 9.16. The molecule has 24 heavy (non-hydrogen) atoms. The van der Waals surface area contributed by atoms with Gasteiger partial charge in [0.25, 0.3) is 0 Å². The Kier molecular flexibility index (Phi) is 5.88. The Hall–Kier alpha value is -2.30. The van der Waals surface area contributed by atoms with E-state index in [2.05, 4.69) is 32.7 Å². The number of benzene rings is 1. The molecule has 5 nitrogen and oxygen atoms in total. The summed E-state index contributed by atoms with van der Waals surface area (Å²) in [5.41, 5.74) is 1.28. The number of nitrogens with one attached hydrogen (secondary N) is 2. The van der Waals surface area contributed by atoms with E-state index in [0.29, 0.717) is 6.04 Å². The number of ether oxygens (including phenoxy) is 1. The number of hydrogen-bond acceptors (Lipinski definition) is 5. The normalized spacial score (nSPS) is 15.0. The Morgan fingerprint density at radius 1 is 1.08 bits per heavy atom. The van der Waals surface area contributed by atoms with Crippen molar-refractivity contribution in [3.8, 4) is 5.75 Å². The van der Waals surface area contributed by atoms with Crippen LogP contribution in [0, 0.1) is 0 Å². The van der Waals surface area contributed by atoms with Gasteiger partial charge in [-0.05, 0) is 43.0 Å². The van der Waals surface area contributed by atoms with Crippen LogP contribution in [0.3, 0.4) is 0 Å². The quantitative estimate of drug-likeness (QED) is 0.808. The molecule has 3 rings (SSSR count). The summed E-state index contributed by atoms with van der Waals surface area (Å²) in [5, 5.41) is 6.84. The highest BCUT2D eigenvalue weighted by molar-refractivity contribution is 5.40. The first-order valence-corrected chi connectivity index (χ1v) is 8.80. The van der Waals surface area contributed by atoms with Crippen LogP contribution in [0.25, 0.3) is 0 Å². The SMILES string of the molecule is COc1ccc(CCNc2ccnc(NC3CCCCC3)n2)cc1. The first kappa shape index (κ1) is 16.6. The number of methoxy groups -OCH3 is 1. The van der Waals surface area contributed by atoms with Gasteiger partial charge in [-0.25, -0.2) is 4.98 Å². The molecule has 0 atom stereocenters. The molecule has 0 aliphatic heterocycles. The lowest BCUT2D eigenvalue weighted by Gasteiger charge is -2.22. The second-order valence-electron chi connectivity index (χ2n) is 6.27. The first-order valence-electron chi connectivity index (χ1n) is 8.80. The Morgan fingerprint density at radius 3 is 2.62 bits per heavy atom. The van der Waals surface area contributed by atoms with Gasteiger partial charge in [-0.15, -0.1) is 0 Å². The fourth-order valence-electron chi connectivity index (χ4n) is 3.08. The molecule has 2 N–H and O–H groups in total. The number of rotatable bonds is 7. The molecule has 128 valence electrons. The molecule has 1 aromatic heterocycles. The summed E-state index contributed by atoms with van der Waals surface area (Å²) >= 11 is 0. The van der Waals surface area contributed by atoms with Gasteiger partial charge in [-0.3, -0.25) is 0 Å². The molecule has 2 aromatic rings. The van der Waals surface area contributed by atoms with E-state index in [1.807, 2.05) is 24.4 Å². The van der Waals surface area contributed by atoms with E-state index in [1.165, 1.54) is 37.7 Å². The first-order chi connectivity index (χ1) is 11.8. The fraction of sp³-hybridized carbons (Fsp3) is 0.474. The lowest BCUT2D eigenvalue weighted by molar-refractivity contribution is 0.414. The molecule has 1 heterocycles. The molecule has 1 fully saturated rings. The van der Waals surface area contributed by atoms with Crippen LogP contribution >= 0.6 is 0 Å². The van der Waals surface area contributed by atoms with E-state index in [-0.39, 0.29) is 0 Å². The molecular weight excluding hydrogens is 300 g/mol.